The molecular formula is C31H22F8O2. The molecule has 0 spiro atoms. The highest BCUT2D eigenvalue weighted by Gasteiger charge is 2.37. The Kier molecular flexibility index (Phi) is 8.70. The smallest absolute Gasteiger partial charge is 0.429 e. The maximum Gasteiger partial charge on any atom is 0.429 e. The van der Waals surface area contributed by atoms with Gasteiger partial charge in [0, 0.05) is 0 Å². The number of alkyl halides is 5. The minimum absolute atomic E-state index is 0.0465. The Balaban J connectivity index is 1.48. The predicted molar refractivity (Wildman–Crippen MR) is 138 cm³/mol. The number of allylic oxidation sites excluding steroid dienone is 1. The third kappa shape index (κ3) is 7.45. The first-order valence-corrected chi connectivity index (χ1v) is 12.3. The third-order valence-corrected chi connectivity index (χ3v) is 5.98. The summed E-state index contributed by atoms with van der Waals surface area (Å²) in [5, 5.41) is 0. The van der Waals surface area contributed by atoms with E-state index < -0.39 is 41.0 Å². The van der Waals surface area contributed by atoms with Crippen molar-refractivity contribution in [1.82, 2.24) is 0 Å². The van der Waals surface area contributed by atoms with Crippen LogP contribution in [-0.4, -0.2) is 6.18 Å². The minimum Gasteiger partial charge on any atom is -0.459 e. The molecule has 0 aromatic heterocycles. The molecule has 214 valence electrons. The highest BCUT2D eigenvalue weighted by molar-refractivity contribution is 5.66. The molecule has 0 unspecified atom stereocenters. The van der Waals surface area contributed by atoms with Crippen molar-refractivity contribution in [3.8, 4) is 33.8 Å². The Labute approximate surface area is 230 Å². The van der Waals surface area contributed by atoms with Crippen LogP contribution >= 0.6 is 0 Å². The number of benzene rings is 4. The zero-order valence-corrected chi connectivity index (χ0v) is 21.4. The van der Waals surface area contributed by atoms with Crippen LogP contribution in [0.2, 0.25) is 0 Å². The maximum absolute atomic E-state index is 14.9. The first-order valence-electron chi connectivity index (χ1n) is 12.3. The second-order valence-corrected chi connectivity index (χ2v) is 9.02. The van der Waals surface area contributed by atoms with E-state index in [0.29, 0.717) is 11.1 Å². The van der Waals surface area contributed by atoms with Crippen molar-refractivity contribution in [2.45, 2.75) is 32.1 Å². The van der Waals surface area contributed by atoms with Gasteiger partial charge in [0.25, 0.3) is 0 Å². The van der Waals surface area contributed by atoms with E-state index in [2.05, 4.69) is 4.74 Å². The van der Waals surface area contributed by atoms with Crippen molar-refractivity contribution in [3.05, 3.63) is 120 Å². The van der Waals surface area contributed by atoms with E-state index in [1.54, 1.807) is 12.1 Å². The molecule has 0 aliphatic heterocycles. The van der Waals surface area contributed by atoms with Crippen molar-refractivity contribution in [1.29, 1.82) is 0 Å². The van der Waals surface area contributed by atoms with Gasteiger partial charge in [-0.15, -0.1) is 0 Å². The summed E-state index contributed by atoms with van der Waals surface area (Å²) in [5.74, 6) is -5.13. The van der Waals surface area contributed by atoms with E-state index in [1.807, 2.05) is 19.1 Å². The molecule has 0 fully saturated rings. The van der Waals surface area contributed by atoms with Gasteiger partial charge in [0.2, 0.25) is 0 Å². The SMILES string of the molecule is CCCc1ccc(-c2ccc(C(F)(F)Oc3ccc(-c4cc(F)c(OC=CC(F)(F)F)c(F)c4)cc3)c(F)c2)cc1. The fourth-order valence-corrected chi connectivity index (χ4v) is 4.02. The van der Waals surface area contributed by atoms with Crippen molar-refractivity contribution < 1.29 is 44.6 Å². The van der Waals surface area contributed by atoms with Gasteiger partial charge in [0.1, 0.15) is 11.6 Å². The van der Waals surface area contributed by atoms with Crippen LogP contribution < -0.4 is 9.47 Å². The highest BCUT2D eigenvalue weighted by atomic mass is 19.4. The van der Waals surface area contributed by atoms with Crippen LogP contribution in [0.4, 0.5) is 35.1 Å². The summed E-state index contributed by atoms with van der Waals surface area (Å²) in [6.45, 7) is 2.05. The molecule has 0 aliphatic rings. The lowest BCUT2D eigenvalue weighted by Gasteiger charge is -2.19. The summed E-state index contributed by atoms with van der Waals surface area (Å²) in [4.78, 5) is 0. The molecule has 0 radical (unpaired) electrons. The summed E-state index contributed by atoms with van der Waals surface area (Å²) in [5.41, 5.74) is 1.35. The molecule has 10 heteroatoms. The molecule has 41 heavy (non-hydrogen) atoms. The van der Waals surface area contributed by atoms with Gasteiger partial charge in [-0.2, -0.15) is 22.0 Å². The van der Waals surface area contributed by atoms with E-state index in [-0.39, 0.29) is 29.2 Å². The van der Waals surface area contributed by atoms with Gasteiger partial charge in [-0.25, -0.2) is 13.2 Å². The van der Waals surface area contributed by atoms with E-state index in [0.717, 1.165) is 54.8 Å². The number of rotatable bonds is 9. The van der Waals surface area contributed by atoms with Crippen LogP contribution in [0.25, 0.3) is 22.3 Å². The first kappa shape index (κ1) is 29.6. The topological polar surface area (TPSA) is 18.5 Å². The highest BCUT2D eigenvalue weighted by Crippen LogP contribution is 2.36. The zero-order chi connectivity index (χ0) is 29.8. The molecule has 0 bridgehead atoms. The number of hydrogen-bond donors (Lipinski definition) is 0. The lowest BCUT2D eigenvalue weighted by molar-refractivity contribution is -0.187. The van der Waals surface area contributed by atoms with Crippen LogP contribution in [-0.2, 0) is 12.5 Å². The Hall–Kier alpha value is -4.34. The molecular weight excluding hydrogens is 556 g/mol. The Morgan fingerprint density at radius 1 is 0.659 bits per heavy atom. The summed E-state index contributed by atoms with van der Waals surface area (Å²) in [6, 6.07) is 16.9. The van der Waals surface area contributed by atoms with Gasteiger partial charge in [0.15, 0.2) is 17.4 Å². The lowest BCUT2D eigenvalue weighted by Crippen LogP contribution is -2.23. The molecule has 0 saturated carbocycles. The second kappa shape index (κ2) is 12.0. The van der Waals surface area contributed by atoms with Crippen molar-refractivity contribution in [3.63, 3.8) is 0 Å². The fourth-order valence-electron chi connectivity index (χ4n) is 4.02. The molecule has 4 aromatic carbocycles. The van der Waals surface area contributed by atoms with Crippen molar-refractivity contribution in [2.75, 3.05) is 0 Å². The molecule has 0 N–H and O–H groups in total. The van der Waals surface area contributed by atoms with Gasteiger partial charge in [0.05, 0.1) is 17.9 Å². The first-order chi connectivity index (χ1) is 19.4. The van der Waals surface area contributed by atoms with Crippen LogP contribution in [0.5, 0.6) is 11.5 Å². The van der Waals surface area contributed by atoms with Crippen LogP contribution in [0.1, 0.15) is 24.5 Å². The fraction of sp³-hybridized carbons (Fsp3) is 0.161. The Morgan fingerprint density at radius 2 is 1.20 bits per heavy atom. The standard InChI is InChI=1S/C31H22F8O2/c1-2-3-19-4-6-20(7-5-19)22-10-13-25(26(32)16-22)31(38,39)41-24-11-8-21(9-12-24)23-17-27(33)29(28(34)18-23)40-15-14-30(35,36)37/h4-18H,2-3H2,1H3. The normalized spacial score (nSPS) is 12.1. The number of aryl methyl sites for hydroxylation is 1. The van der Waals surface area contributed by atoms with Gasteiger partial charge in [-0.05, 0) is 70.6 Å². The molecule has 0 saturated heterocycles. The summed E-state index contributed by atoms with van der Waals surface area (Å²) < 4.78 is 119. The average Bonchev–Trinajstić information content (AvgIpc) is 2.90. The number of hydrogen-bond acceptors (Lipinski definition) is 2. The second-order valence-electron chi connectivity index (χ2n) is 9.02. The number of ether oxygens (including phenoxy) is 2. The molecule has 0 amide bonds. The molecule has 4 rings (SSSR count). The Bertz CT molecular complexity index is 1500. The molecule has 0 atom stereocenters. The number of halogens is 8. The van der Waals surface area contributed by atoms with E-state index >= 15 is 0 Å². The summed E-state index contributed by atoms with van der Waals surface area (Å²) >= 11 is 0. The zero-order valence-electron chi connectivity index (χ0n) is 21.4. The molecule has 0 aliphatic carbocycles. The average molecular weight is 578 g/mol. The molecule has 0 heterocycles. The van der Waals surface area contributed by atoms with E-state index in [4.69, 9.17) is 4.74 Å². The minimum atomic E-state index is -4.73. The van der Waals surface area contributed by atoms with Crippen molar-refractivity contribution >= 4 is 0 Å². The molecule has 2 nitrogen and oxygen atoms in total. The van der Waals surface area contributed by atoms with Gasteiger partial charge in [-0.3, -0.25) is 0 Å². The maximum atomic E-state index is 14.9. The van der Waals surface area contributed by atoms with Crippen LogP contribution in [0.3, 0.4) is 0 Å². The monoisotopic (exact) mass is 578 g/mol. The largest absolute Gasteiger partial charge is 0.459 e. The van der Waals surface area contributed by atoms with Crippen molar-refractivity contribution in [2.24, 2.45) is 0 Å². The van der Waals surface area contributed by atoms with Crippen LogP contribution in [0, 0.1) is 17.5 Å². The summed E-state index contributed by atoms with van der Waals surface area (Å²) in [7, 11) is 0. The molecule has 4 aromatic rings. The Morgan fingerprint density at radius 3 is 1.76 bits per heavy atom. The van der Waals surface area contributed by atoms with Crippen LogP contribution in [0.15, 0.2) is 91.2 Å². The third-order valence-electron chi connectivity index (χ3n) is 5.98. The van der Waals surface area contributed by atoms with Gasteiger partial charge in [-0.1, -0.05) is 55.8 Å². The predicted octanol–water partition coefficient (Wildman–Crippen LogP) is 9.97. The van der Waals surface area contributed by atoms with E-state index in [1.165, 1.54) is 18.2 Å². The summed E-state index contributed by atoms with van der Waals surface area (Å²) in [6.07, 6.45) is -7.15. The van der Waals surface area contributed by atoms with Gasteiger partial charge < -0.3 is 9.47 Å². The quantitative estimate of drug-likeness (QED) is 0.145. The van der Waals surface area contributed by atoms with E-state index in [9.17, 15) is 35.1 Å². The van der Waals surface area contributed by atoms with Gasteiger partial charge >= 0.3 is 12.3 Å². The lowest BCUT2D eigenvalue weighted by atomic mass is 10.0.